The molecule has 0 amide bonds. The summed E-state index contributed by atoms with van der Waals surface area (Å²) in [5.74, 6) is 1.59. The molecule has 0 N–H and O–H groups in total. The van der Waals surface area contributed by atoms with Gasteiger partial charge in [0.1, 0.15) is 0 Å². The van der Waals surface area contributed by atoms with E-state index in [4.69, 9.17) is 6.58 Å². The maximum atomic E-state index is 9.82. The Kier molecular flexibility index (Phi) is 6.47. The molecule has 1 heteroatoms. The SMILES string of the molecule is C=CC(C)(C)C1CCC2(C)C(=CC(=C)C3C2CCC2(CC)CCC(C)(C)CC32C)C1(C)/C=C(\C)C#N. The molecule has 4 aliphatic rings. The van der Waals surface area contributed by atoms with E-state index in [1.54, 1.807) is 5.57 Å². The summed E-state index contributed by atoms with van der Waals surface area (Å²) in [6, 6.07) is 2.45. The molecule has 0 aliphatic heterocycles. The molecule has 4 rings (SSSR count). The fourth-order valence-corrected chi connectivity index (χ4v) is 10.7. The molecule has 0 saturated heterocycles. The van der Waals surface area contributed by atoms with Gasteiger partial charge < -0.3 is 0 Å². The number of allylic oxidation sites excluding steroid dienone is 6. The van der Waals surface area contributed by atoms with Gasteiger partial charge in [-0.05, 0) is 103 Å². The Morgan fingerprint density at radius 3 is 2.36 bits per heavy atom. The normalized spacial score (nSPS) is 44.4. The molecular formula is C35H53N. The van der Waals surface area contributed by atoms with Crippen LogP contribution in [0, 0.1) is 61.6 Å². The van der Waals surface area contributed by atoms with Crippen molar-refractivity contribution in [3.8, 4) is 6.07 Å². The lowest BCUT2D eigenvalue weighted by Gasteiger charge is -2.69. The molecule has 0 radical (unpaired) electrons. The van der Waals surface area contributed by atoms with Crippen molar-refractivity contribution in [1.82, 2.24) is 0 Å². The molecule has 0 aromatic rings. The third kappa shape index (κ3) is 3.68. The van der Waals surface area contributed by atoms with Crippen LogP contribution < -0.4 is 0 Å². The van der Waals surface area contributed by atoms with Gasteiger partial charge in [0.05, 0.1) is 6.07 Å². The van der Waals surface area contributed by atoms with Gasteiger partial charge in [0, 0.05) is 11.0 Å². The summed E-state index contributed by atoms with van der Waals surface area (Å²) in [5, 5.41) is 9.82. The van der Waals surface area contributed by atoms with Crippen LogP contribution in [0.1, 0.15) is 114 Å². The predicted octanol–water partition coefficient (Wildman–Crippen LogP) is 10.2. The molecule has 0 spiro atoms. The highest BCUT2D eigenvalue weighted by atomic mass is 14.7. The van der Waals surface area contributed by atoms with Crippen molar-refractivity contribution in [2.45, 2.75) is 114 Å². The monoisotopic (exact) mass is 487 g/mol. The lowest BCUT2D eigenvalue weighted by molar-refractivity contribution is -0.158. The predicted molar refractivity (Wildman–Crippen MR) is 154 cm³/mol. The lowest BCUT2D eigenvalue weighted by Crippen LogP contribution is -2.61. The second-order valence-electron chi connectivity index (χ2n) is 15.4. The smallest absolute Gasteiger partial charge is 0.0941 e. The zero-order chi connectivity index (χ0) is 26.9. The number of nitrogens with zero attached hydrogens (tertiary/aromatic N) is 1. The summed E-state index contributed by atoms with van der Waals surface area (Å²) in [4.78, 5) is 0. The van der Waals surface area contributed by atoms with Crippen molar-refractivity contribution >= 4 is 0 Å². The minimum absolute atomic E-state index is 0.00929. The van der Waals surface area contributed by atoms with Gasteiger partial charge in [-0.3, -0.25) is 0 Å². The van der Waals surface area contributed by atoms with E-state index in [9.17, 15) is 5.26 Å². The highest BCUT2D eigenvalue weighted by Gasteiger charge is 2.66. The van der Waals surface area contributed by atoms with Crippen molar-refractivity contribution in [2.75, 3.05) is 0 Å². The van der Waals surface area contributed by atoms with Crippen LogP contribution in [-0.2, 0) is 0 Å². The quantitative estimate of drug-likeness (QED) is 0.286. The summed E-state index contributed by atoms with van der Waals surface area (Å²) in [7, 11) is 0. The van der Waals surface area contributed by atoms with Crippen molar-refractivity contribution in [1.29, 1.82) is 5.26 Å². The zero-order valence-corrected chi connectivity index (χ0v) is 25.0. The summed E-state index contributed by atoms with van der Waals surface area (Å²) < 4.78 is 0. The Labute approximate surface area is 223 Å². The van der Waals surface area contributed by atoms with Crippen LogP contribution in [0.15, 0.2) is 48.1 Å². The average Bonchev–Trinajstić information content (AvgIpc) is 2.79. The van der Waals surface area contributed by atoms with Crippen LogP contribution in [-0.4, -0.2) is 0 Å². The first-order valence-corrected chi connectivity index (χ1v) is 14.7. The van der Waals surface area contributed by atoms with E-state index < -0.39 is 0 Å². The number of nitriles is 1. The first kappa shape index (κ1) is 27.5. The molecule has 198 valence electrons. The van der Waals surface area contributed by atoms with Gasteiger partial charge >= 0.3 is 0 Å². The molecule has 0 aromatic carbocycles. The number of fused-ring (bicyclic) bond motifs is 5. The molecule has 0 aromatic heterocycles. The number of hydrogen-bond donors (Lipinski definition) is 0. The third-order valence-electron chi connectivity index (χ3n) is 12.6. The van der Waals surface area contributed by atoms with Gasteiger partial charge in [0.15, 0.2) is 0 Å². The van der Waals surface area contributed by atoms with Gasteiger partial charge in [-0.15, -0.1) is 6.58 Å². The van der Waals surface area contributed by atoms with Crippen LogP contribution >= 0.6 is 0 Å². The van der Waals surface area contributed by atoms with Crippen molar-refractivity contribution < 1.29 is 0 Å². The highest BCUT2D eigenvalue weighted by molar-refractivity contribution is 5.46. The summed E-state index contributed by atoms with van der Waals surface area (Å²) in [5.41, 5.74) is 4.83. The van der Waals surface area contributed by atoms with E-state index in [0.29, 0.717) is 34.0 Å². The summed E-state index contributed by atoms with van der Waals surface area (Å²) in [6.45, 7) is 30.9. The Morgan fingerprint density at radius 2 is 1.78 bits per heavy atom. The molecule has 7 unspecified atom stereocenters. The first-order valence-electron chi connectivity index (χ1n) is 14.7. The van der Waals surface area contributed by atoms with Gasteiger partial charge in [0.2, 0.25) is 0 Å². The van der Waals surface area contributed by atoms with E-state index in [2.05, 4.69) is 86.3 Å². The van der Waals surface area contributed by atoms with Crippen LogP contribution in [0.5, 0.6) is 0 Å². The molecule has 0 bridgehead atoms. The summed E-state index contributed by atoms with van der Waals surface area (Å²) in [6.07, 6.45) is 17.4. The van der Waals surface area contributed by atoms with Crippen molar-refractivity contribution in [3.05, 3.63) is 48.1 Å². The second-order valence-corrected chi connectivity index (χ2v) is 15.4. The molecular weight excluding hydrogens is 434 g/mol. The van der Waals surface area contributed by atoms with E-state index in [1.165, 1.54) is 56.9 Å². The fraction of sp³-hybridized carbons (Fsp3) is 0.743. The molecule has 3 saturated carbocycles. The van der Waals surface area contributed by atoms with E-state index in [-0.39, 0.29) is 16.2 Å². The van der Waals surface area contributed by atoms with E-state index >= 15 is 0 Å². The van der Waals surface area contributed by atoms with Crippen LogP contribution in [0.4, 0.5) is 0 Å². The van der Waals surface area contributed by atoms with Gasteiger partial charge in [-0.25, -0.2) is 0 Å². The summed E-state index contributed by atoms with van der Waals surface area (Å²) >= 11 is 0. The Bertz CT molecular complexity index is 1040. The van der Waals surface area contributed by atoms with Crippen LogP contribution in [0.2, 0.25) is 0 Å². The standard InChI is InChI=1S/C35H53N/c1-12-31(7,8)27-15-16-32(9)26-14-17-35(13-2)19-18-30(5,6)23-34(35,11)29(26)25(4)20-28(32)33(27,10)21-24(3)22-36/h12,20-21,26-27,29H,1,4,13-19,23H2,2-3,5-11H3/b24-21+. The van der Waals surface area contributed by atoms with Crippen molar-refractivity contribution in [3.63, 3.8) is 0 Å². The molecule has 1 nitrogen and oxygen atoms in total. The van der Waals surface area contributed by atoms with Gasteiger partial charge in [-0.2, -0.15) is 5.26 Å². The fourth-order valence-electron chi connectivity index (χ4n) is 10.7. The highest BCUT2D eigenvalue weighted by Crippen LogP contribution is 2.75. The van der Waals surface area contributed by atoms with E-state index in [0.717, 1.165) is 5.57 Å². The Hall–Kier alpha value is -1.55. The maximum Gasteiger partial charge on any atom is 0.0941 e. The molecule has 3 fully saturated rings. The minimum Gasteiger partial charge on any atom is -0.193 e. The van der Waals surface area contributed by atoms with E-state index in [1.807, 2.05) is 6.92 Å². The lowest BCUT2D eigenvalue weighted by atomic mass is 9.35. The van der Waals surface area contributed by atoms with Gasteiger partial charge in [-0.1, -0.05) is 91.3 Å². The topological polar surface area (TPSA) is 23.8 Å². The Morgan fingerprint density at radius 1 is 1.11 bits per heavy atom. The van der Waals surface area contributed by atoms with Gasteiger partial charge in [0.25, 0.3) is 0 Å². The average molecular weight is 488 g/mol. The zero-order valence-electron chi connectivity index (χ0n) is 25.0. The molecule has 36 heavy (non-hydrogen) atoms. The third-order valence-corrected chi connectivity index (χ3v) is 12.6. The maximum absolute atomic E-state index is 9.82. The van der Waals surface area contributed by atoms with Crippen molar-refractivity contribution in [2.24, 2.45) is 50.2 Å². The molecule has 4 aliphatic carbocycles. The second kappa shape index (κ2) is 8.48. The minimum atomic E-state index is -0.176. The number of rotatable bonds is 4. The molecule has 0 heterocycles. The van der Waals surface area contributed by atoms with Crippen LogP contribution in [0.25, 0.3) is 0 Å². The molecule has 7 atom stereocenters. The Balaban J connectivity index is 1.92. The first-order chi connectivity index (χ1) is 16.6. The van der Waals surface area contributed by atoms with Crippen LogP contribution in [0.3, 0.4) is 0 Å². The number of hydrogen-bond acceptors (Lipinski definition) is 1. The largest absolute Gasteiger partial charge is 0.193 e.